The maximum absolute atomic E-state index is 13.2. The Kier molecular flexibility index (Phi) is 5.57. The zero-order chi connectivity index (χ0) is 19.5. The molecule has 0 unspecified atom stereocenters. The lowest BCUT2D eigenvalue weighted by Gasteiger charge is -2.25. The third-order valence-corrected chi connectivity index (χ3v) is 6.65. The van der Waals surface area contributed by atoms with Gasteiger partial charge in [0.15, 0.2) is 0 Å². The minimum absolute atomic E-state index is 0.00597. The van der Waals surface area contributed by atoms with Crippen LogP contribution in [0.4, 0.5) is 5.69 Å². The first kappa shape index (κ1) is 18.9. The number of nitrogens with zero attached hydrogens (tertiary/aromatic N) is 2. The normalized spacial score (nSPS) is 19.3. The number of likely N-dealkylation sites (tertiary alicyclic amines) is 1. The number of hydrogen-bond donors (Lipinski definition) is 0. The summed E-state index contributed by atoms with van der Waals surface area (Å²) < 4.78 is 5.24. The van der Waals surface area contributed by atoms with E-state index in [4.69, 9.17) is 4.74 Å². The zero-order valence-corrected chi connectivity index (χ0v) is 16.8. The van der Waals surface area contributed by atoms with Crippen molar-refractivity contribution in [2.45, 2.75) is 29.4 Å². The van der Waals surface area contributed by atoms with Crippen LogP contribution in [-0.4, -0.2) is 43.5 Å². The van der Waals surface area contributed by atoms with Gasteiger partial charge in [0.2, 0.25) is 11.8 Å². The predicted molar refractivity (Wildman–Crippen MR) is 111 cm³/mol. The van der Waals surface area contributed by atoms with Crippen molar-refractivity contribution in [1.82, 2.24) is 4.90 Å². The summed E-state index contributed by atoms with van der Waals surface area (Å²) >= 11 is 1.68. The number of ether oxygens (including phenoxy) is 1. The number of thioether (sulfide) groups is 1. The molecule has 2 aliphatic rings. The van der Waals surface area contributed by atoms with Crippen molar-refractivity contribution in [2.24, 2.45) is 0 Å². The molecule has 2 aromatic rings. The Morgan fingerprint density at radius 2 is 1.82 bits per heavy atom. The fourth-order valence-electron chi connectivity index (χ4n) is 3.76. The summed E-state index contributed by atoms with van der Waals surface area (Å²) in [5.74, 6) is 0.825. The molecule has 5 nitrogen and oxygen atoms in total. The standard InChI is InChI=1S/C22H24N2O3S/c1-27-17-10-8-16(9-11-17)20-14-21(25)24(15-22(26)23-12-4-5-13-23)18-6-2-3-7-19(18)28-20/h2-3,6-11,20H,4-5,12-15H2,1H3/t20-/m0/s1. The molecule has 0 aromatic heterocycles. The second-order valence-electron chi connectivity index (χ2n) is 7.12. The summed E-state index contributed by atoms with van der Waals surface area (Å²) in [5.41, 5.74) is 1.92. The highest BCUT2D eigenvalue weighted by atomic mass is 32.2. The van der Waals surface area contributed by atoms with E-state index in [9.17, 15) is 9.59 Å². The summed E-state index contributed by atoms with van der Waals surface area (Å²) in [6.07, 6.45) is 2.45. The molecular formula is C22H24N2O3S. The molecule has 0 saturated carbocycles. The molecule has 0 spiro atoms. The fourth-order valence-corrected chi connectivity index (χ4v) is 5.04. The van der Waals surface area contributed by atoms with Crippen LogP contribution in [0.15, 0.2) is 53.4 Å². The van der Waals surface area contributed by atoms with E-state index < -0.39 is 0 Å². The van der Waals surface area contributed by atoms with Crippen LogP contribution in [-0.2, 0) is 9.59 Å². The van der Waals surface area contributed by atoms with Gasteiger partial charge >= 0.3 is 0 Å². The zero-order valence-electron chi connectivity index (χ0n) is 16.0. The monoisotopic (exact) mass is 396 g/mol. The van der Waals surface area contributed by atoms with Gasteiger partial charge in [-0.1, -0.05) is 24.3 Å². The van der Waals surface area contributed by atoms with Crippen LogP contribution >= 0.6 is 11.8 Å². The number of fused-ring (bicyclic) bond motifs is 1. The van der Waals surface area contributed by atoms with Gasteiger partial charge in [0.1, 0.15) is 12.3 Å². The summed E-state index contributed by atoms with van der Waals surface area (Å²) in [4.78, 5) is 30.4. The lowest BCUT2D eigenvalue weighted by atomic mass is 10.1. The summed E-state index contributed by atoms with van der Waals surface area (Å²) in [5, 5.41) is 0.00597. The first-order valence-electron chi connectivity index (χ1n) is 9.63. The van der Waals surface area contributed by atoms with E-state index >= 15 is 0 Å². The third kappa shape index (κ3) is 3.87. The van der Waals surface area contributed by atoms with E-state index in [2.05, 4.69) is 0 Å². The molecule has 1 saturated heterocycles. The molecule has 2 heterocycles. The fraction of sp³-hybridized carbons (Fsp3) is 0.364. The van der Waals surface area contributed by atoms with Gasteiger partial charge < -0.3 is 14.5 Å². The number of methoxy groups -OCH3 is 1. The minimum Gasteiger partial charge on any atom is -0.497 e. The molecule has 0 N–H and O–H groups in total. The molecule has 0 bridgehead atoms. The van der Waals surface area contributed by atoms with Gasteiger partial charge in [0.25, 0.3) is 0 Å². The van der Waals surface area contributed by atoms with Crippen LogP contribution in [0.3, 0.4) is 0 Å². The average Bonchev–Trinajstić information content (AvgIpc) is 3.23. The largest absolute Gasteiger partial charge is 0.497 e. The molecular weight excluding hydrogens is 372 g/mol. The molecule has 146 valence electrons. The van der Waals surface area contributed by atoms with Crippen LogP contribution in [0.25, 0.3) is 0 Å². The Labute approximate surface area is 169 Å². The van der Waals surface area contributed by atoms with Gasteiger partial charge in [-0.05, 0) is 42.7 Å². The van der Waals surface area contributed by atoms with Gasteiger partial charge in [0.05, 0.1) is 12.8 Å². The highest BCUT2D eigenvalue weighted by molar-refractivity contribution is 7.99. The highest BCUT2D eigenvalue weighted by Gasteiger charge is 2.31. The molecule has 0 radical (unpaired) electrons. The van der Waals surface area contributed by atoms with Crippen LogP contribution < -0.4 is 9.64 Å². The summed E-state index contributed by atoms with van der Waals surface area (Å²) in [6, 6.07) is 15.7. The van der Waals surface area contributed by atoms with E-state index in [1.807, 2.05) is 53.4 Å². The van der Waals surface area contributed by atoms with Crippen molar-refractivity contribution in [3.8, 4) is 5.75 Å². The summed E-state index contributed by atoms with van der Waals surface area (Å²) in [7, 11) is 1.64. The van der Waals surface area contributed by atoms with Crippen molar-refractivity contribution >= 4 is 29.3 Å². The molecule has 0 aliphatic carbocycles. The average molecular weight is 397 g/mol. The molecule has 4 rings (SSSR count). The maximum atomic E-state index is 13.2. The maximum Gasteiger partial charge on any atom is 0.242 e. The molecule has 1 atom stereocenters. The molecule has 28 heavy (non-hydrogen) atoms. The number of rotatable bonds is 4. The topological polar surface area (TPSA) is 49.9 Å². The molecule has 2 amide bonds. The van der Waals surface area contributed by atoms with Crippen LogP contribution in [0.5, 0.6) is 5.75 Å². The number of hydrogen-bond acceptors (Lipinski definition) is 4. The number of para-hydroxylation sites is 1. The highest BCUT2D eigenvalue weighted by Crippen LogP contribution is 2.45. The molecule has 6 heteroatoms. The van der Waals surface area contributed by atoms with E-state index in [0.717, 1.165) is 47.8 Å². The van der Waals surface area contributed by atoms with Gasteiger partial charge in [0, 0.05) is 29.7 Å². The van der Waals surface area contributed by atoms with Gasteiger partial charge in [-0.15, -0.1) is 11.8 Å². The number of carbonyl (C=O) groups excluding carboxylic acids is 2. The van der Waals surface area contributed by atoms with Gasteiger partial charge in [-0.2, -0.15) is 0 Å². The Morgan fingerprint density at radius 1 is 1.11 bits per heavy atom. The van der Waals surface area contributed by atoms with Crippen molar-refractivity contribution in [1.29, 1.82) is 0 Å². The van der Waals surface area contributed by atoms with E-state index in [-0.39, 0.29) is 23.6 Å². The molecule has 2 aliphatic heterocycles. The number of carbonyl (C=O) groups is 2. The smallest absolute Gasteiger partial charge is 0.242 e. The van der Waals surface area contributed by atoms with Gasteiger partial charge in [-0.3, -0.25) is 9.59 Å². The first-order valence-corrected chi connectivity index (χ1v) is 10.5. The van der Waals surface area contributed by atoms with Crippen molar-refractivity contribution in [2.75, 3.05) is 31.6 Å². The lowest BCUT2D eigenvalue weighted by Crippen LogP contribution is -2.42. The van der Waals surface area contributed by atoms with Crippen molar-refractivity contribution < 1.29 is 14.3 Å². The third-order valence-electron chi connectivity index (χ3n) is 5.33. The van der Waals surface area contributed by atoms with Crippen LogP contribution in [0.1, 0.15) is 30.1 Å². The SMILES string of the molecule is COc1ccc([C@@H]2CC(=O)N(CC(=O)N3CCCC3)c3ccccc3S2)cc1. The molecule has 1 fully saturated rings. The van der Waals surface area contributed by atoms with Crippen LogP contribution in [0, 0.1) is 0 Å². The van der Waals surface area contributed by atoms with Crippen molar-refractivity contribution in [3.63, 3.8) is 0 Å². The van der Waals surface area contributed by atoms with E-state index in [0.29, 0.717) is 6.42 Å². The molecule has 2 aromatic carbocycles. The van der Waals surface area contributed by atoms with Gasteiger partial charge in [-0.25, -0.2) is 0 Å². The second kappa shape index (κ2) is 8.27. The Bertz CT molecular complexity index is 862. The Balaban J connectivity index is 1.61. The first-order chi connectivity index (χ1) is 13.7. The lowest BCUT2D eigenvalue weighted by molar-refractivity contribution is -0.130. The number of benzene rings is 2. The quantitative estimate of drug-likeness (QED) is 0.787. The van der Waals surface area contributed by atoms with E-state index in [1.54, 1.807) is 23.8 Å². The van der Waals surface area contributed by atoms with E-state index in [1.165, 1.54) is 0 Å². The minimum atomic E-state index is -0.00850. The summed E-state index contributed by atoms with van der Waals surface area (Å²) in [6.45, 7) is 1.71. The van der Waals surface area contributed by atoms with Crippen molar-refractivity contribution in [3.05, 3.63) is 54.1 Å². The predicted octanol–water partition coefficient (Wildman–Crippen LogP) is 3.89. The van der Waals surface area contributed by atoms with Crippen LogP contribution in [0.2, 0.25) is 0 Å². The number of amides is 2. The second-order valence-corrected chi connectivity index (χ2v) is 8.36. The Morgan fingerprint density at radius 3 is 2.54 bits per heavy atom. The number of anilines is 1. The Hall–Kier alpha value is -2.47.